The van der Waals surface area contributed by atoms with E-state index in [1.165, 1.54) is 13.8 Å². The van der Waals surface area contributed by atoms with Gasteiger partial charge in [0.2, 0.25) is 17.7 Å². The molecule has 0 saturated heterocycles. The van der Waals surface area contributed by atoms with E-state index in [0.717, 1.165) is 27.4 Å². The van der Waals surface area contributed by atoms with Crippen LogP contribution < -0.4 is 21.7 Å². The van der Waals surface area contributed by atoms with Crippen LogP contribution >= 0.6 is 0 Å². The molecule has 2 aromatic carbocycles. The highest BCUT2D eigenvalue weighted by molar-refractivity contribution is 5.95. The number of rotatable bonds is 12. The van der Waals surface area contributed by atoms with Crippen LogP contribution in [0.3, 0.4) is 0 Å². The normalized spacial score (nSPS) is 15.0. The number of fused-ring (bicyclic) bond motifs is 2. The average Bonchev–Trinajstić information content (AvgIpc) is 3.54. The zero-order chi connectivity index (χ0) is 29.7. The number of hydrogen-bond donors (Lipinski definition) is 8. The van der Waals surface area contributed by atoms with Gasteiger partial charge in [-0.15, -0.1) is 0 Å². The summed E-state index contributed by atoms with van der Waals surface area (Å²) < 4.78 is 0. The summed E-state index contributed by atoms with van der Waals surface area (Å²) in [5, 5.41) is 29.0. The molecule has 0 aliphatic heterocycles. The van der Waals surface area contributed by atoms with E-state index in [1.54, 1.807) is 12.4 Å². The number of carboxylic acids is 1. The van der Waals surface area contributed by atoms with Crippen molar-refractivity contribution >= 4 is 45.5 Å². The lowest BCUT2D eigenvalue weighted by atomic mass is 10.0. The van der Waals surface area contributed by atoms with Crippen molar-refractivity contribution in [3.05, 3.63) is 72.1 Å². The second-order valence-electron chi connectivity index (χ2n) is 10.1. The summed E-state index contributed by atoms with van der Waals surface area (Å²) in [5.41, 5.74) is 9.39. The fourth-order valence-electron chi connectivity index (χ4n) is 4.68. The van der Waals surface area contributed by atoms with E-state index in [1.807, 2.05) is 48.5 Å². The molecular weight excluding hydrogens is 528 g/mol. The van der Waals surface area contributed by atoms with Crippen molar-refractivity contribution in [1.82, 2.24) is 25.9 Å². The van der Waals surface area contributed by atoms with Crippen LogP contribution in [-0.2, 0) is 32.0 Å². The van der Waals surface area contributed by atoms with Gasteiger partial charge in [0.25, 0.3) is 0 Å². The number of aliphatic hydroxyl groups excluding tert-OH is 1. The molecule has 0 saturated carbocycles. The number of aliphatic hydroxyl groups is 1. The molecule has 0 aliphatic rings. The van der Waals surface area contributed by atoms with Gasteiger partial charge < -0.3 is 41.9 Å². The fraction of sp³-hybridized carbons (Fsp3) is 0.310. The van der Waals surface area contributed by atoms with Gasteiger partial charge in [-0.3, -0.25) is 14.4 Å². The third-order valence-electron chi connectivity index (χ3n) is 6.98. The number of aromatic amines is 2. The van der Waals surface area contributed by atoms with E-state index in [4.69, 9.17) is 5.73 Å². The van der Waals surface area contributed by atoms with Crippen molar-refractivity contribution in [2.24, 2.45) is 5.73 Å². The summed E-state index contributed by atoms with van der Waals surface area (Å²) in [6.07, 6.45) is 2.36. The number of H-pyrrole nitrogens is 2. The molecule has 5 atom stereocenters. The van der Waals surface area contributed by atoms with E-state index < -0.39 is 54.0 Å². The summed E-state index contributed by atoms with van der Waals surface area (Å²) in [7, 11) is 0. The lowest BCUT2D eigenvalue weighted by Crippen LogP contribution is -2.59. The van der Waals surface area contributed by atoms with Gasteiger partial charge in [-0.05, 0) is 43.5 Å². The molecule has 9 N–H and O–H groups in total. The average molecular weight is 563 g/mol. The fourth-order valence-corrected chi connectivity index (χ4v) is 4.68. The van der Waals surface area contributed by atoms with Gasteiger partial charge in [-0.2, -0.15) is 0 Å². The largest absolute Gasteiger partial charge is 0.480 e. The Morgan fingerprint density at radius 1 is 0.780 bits per heavy atom. The van der Waals surface area contributed by atoms with Crippen LogP contribution in [-0.4, -0.2) is 74.1 Å². The minimum Gasteiger partial charge on any atom is -0.480 e. The molecule has 4 rings (SSSR count). The van der Waals surface area contributed by atoms with Crippen LogP contribution in [0.4, 0.5) is 0 Å². The van der Waals surface area contributed by atoms with Crippen LogP contribution in [0.25, 0.3) is 21.8 Å². The number of aromatic nitrogens is 2. The van der Waals surface area contributed by atoms with Crippen molar-refractivity contribution in [2.75, 3.05) is 0 Å². The number of carboxylic acid groups (broad SMARTS) is 1. The van der Waals surface area contributed by atoms with Crippen molar-refractivity contribution in [3.63, 3.8) is 0 Å². The molecule has 0 fully saturated rings. The van der Waals surface area contributed by atoms with Gasteiger partial charge in [0.15, 0.2) is 0 Å². The Hall–Kier alpha value is -4.68. The van der Waals surface area contributed by atoms with E-state index in [9.17, 15) is 29.4 Å². The van der Waals surface area contributed by atoms with Gasteiger partial charge in [-0.1, -0.05) is 36.4 Å². The number of aliphatic carboxylic acids is 1. The molecule has 41 heavy (non-hydrogen) atoms. The van der Waals surface area contributed by atoms with Gasteiger partial charge in [0, 0.05) is 40.6 Å². The molecular formula is C29H34N6O6. The Bertz CT molecular complexity index is 1560. The molecule has 4 aromatic rings. The first-order valence-electron chi connectivity index (χ1n) is 13.2. The molecule has 2 aromatic heterocycles. The number of benzene rings is 2. The Labute approximate surface area is 235 Å². The van der Waals surface area contributed by atoms with E-state index >= 15 is 0 Å². The lowest BCUT2D eigenvalue weighted by Gasteiger charge is -2.25. The summed E-state index contributed by atoms with van der Waals surface area (Å²) in [4.78, 5) is 56.7. The third kappa shape index (κ3) is 6.91. The number of carbonyl (C=O) groups excluding carboxylic acids is 3. The number of nitrogens with one attached hydrogen (secondary N) is 5. The summed E-state index contributed by atoms with van der Waals surface area (Å²) in [5.74, 6) is -3.45. The van der Waals surface area contributed by atoms with Crippen molar-refractivity contribution in [2.45, 2.75) is 57.0 Å². The van der Waals surface area contributed by atoms with Crippen LogP contribution in [0.1, 0.15) is 25.0 Å². The van der Waals surface area contributed by atoms with E-state index in [0.29, 0.717) is 5.56 Å². The zero-order valence-electron chi connectivity index (χ0n) is 22.7. The molecule has 2 heterocycles. The SMILES string of the molecule is CC(NC(=O)C(NC(=O)C(N)Cc1c[nH]c2ccccc12)C(C)O)C(=O)NC(Cc1c[nH]c2ccccc12)C(=O)O. The third-order valence-corrected chi connectivity index (χ3v) is 6.98. The first-order chi connectivity index (χ1) is 19.5. The molecule has 0 spiro atoms. The Kier molecular flexibility index (Phi) is 9.05. The van der Waals surface area contributed by atoms with E-state index in [2.05, 4.69) is 25.9 Å². The van der Waals surface area contributed by atoms with Gasteiger partial charge in [0.05, 0.1) is 12.1 Å². The molecule has 3 amide bonds. The Morgan fingerprint density at radius 2 is 1.32 bits per heavy atom. The van der Waals surface area contributed by atoms with Crippen molar-refractivity contribution < 1.29 is 29.4 Å². The molecule has 5 unspecified atom stereocenters. The molecule has 12 heteroatoms. The molecule has 216 valence electrons. The Balaban J connectivity index is 1.35. The summed E-state index contributed by atoms with van der Waals surface area (Å²) in [6.45, 7) is 2.70. The minimum absolute atomic E-state index is 0.0203. The summed E-state index contributed by atoms with van der Waals surface area (Å²) >= 11 is 0. The maximum absolute atomic E-state index is 12.9. The van der Waals surface area contributed by atoms with Crippen LogP contribution in [0.15, 0.2) is 60.9 Å². The van der Waals surface area contributed by atoms with Gasteiger partial charge in [0.1, 0.15) is 18.1 Å². The zero-order valence-corrected chi connectivity index (χ0v) is 22.7. The maximum atomic E-state index is 12.9. The van der Waals surface area contributed by atoms with Crippen LogP contribution in [0, 0.1) is 0 Å². The van der Waals surface area contributed by atoms with Crippen LogP contribution in [0.5, 0.6) is 0 Å². The summed E-state index contributed by atoms with van der Waals surface area (Å²) in [6, 6.07) is 10.1. The number of nitrogens with two attached hydrogens (primary N) is 1. The predicted octanol–water partition coefficient (Wildman–Crippen LogP) is 0.701. The van der Waals surface area contributed by atoms with Crippen LogP contribution in [0.2, 0.25) is 0 Å². The topological polar surface area (TPSA) is 202 Å². The predicted molar refractivity (Wildman–Crippen MR) is 153 cm³/mol. The first kappa shape index (κ1) is 29.3. The minimum atomic E-state index is -1.40. The number of hydrogen-bond acceptors (Lipinski definition) is 6. The standard InChI is InChI=1S/C29H34N6O6/c1-15(26(37)34-24(29(40)41)12-18-14-32-23-10-6-4-8-20(18)23)33-28(39)25(16(2)36)35-27(38)21(30)11-17-13-31-22-9-5-3-7-19(17)22/h3-10,13-16,21,24-25,31-32,36H,11-12,30H2,1-2H3,(H,33,39)(H,34,37)(H,35,38)(H,40,41). The second-order valence-corrected chi connectivity index (χ2v) is 10.1. The number of carbonyl (C=O) groups is 4. The lowest BCUT2D eigenvalue weighted by molar-refractivity contribution is -0.142. The highest BCUT2D eigenvalue weighted by Gasteiger charge is 2.31. The molecule has 12 nitrogen and oxygen atoms in total. The highest BCUT2D eigenvalue weighted by atomic mass is 16.4. The van der Waals surface area contributed by atoms with Crippen molar-refractivity contribution in [3.8, 4) is 0 Å². The maximum Gasteiger partial charge on any atom is 0.326 e. The number of para-hydroxylation sites is 2. The Morgan fingerprint density at radius 3 is 1.85 bits per heavy atom. The molecule has 0 bridgehead atoms. The quantitative estimate of drug-likeness (QED) is 0.124. The van der Waals surface area contributed by atoms with E-state index in [-0.39, 0.29) is 12.8 Å². The van der Waals surface area contributed by atoms with Gasteiger partial charge in [-0.25, -0.2) is 4.79 Å². The first-order valence-corrected chi connectivity index (χ1v) is 13.2. The number of amides is 3. The van der Waals surface area contributed by atoms with Crippen molar-refractivity contribution in [1.29, 1.82) is 0 Å². The van der Waals surface area contributed by atoms with Gasteiger partial charge >= 0.3 is 5.97 Å². The highest BCUT2D eigenvalue weighted by Crippen LogP contribution is 2.20. The molecule has 0 radical (unpaired) electrons. The smallest absolute Gasteiger partial charge is 0.326 e. The monoisotopic (exact) mass is 562 g/mol. The second kappa shape index (κ2) is 12.7. The molecule has 0 aliphatic carbocycles.